The van der Waals surface area contributed by atoms with Crippen LogP contribution in [0.1, 0.15) is 31.9 Å². The molecule has 0 radical (unpaired) electrons. The van der Waals surface area contributed by atoms with Gasteiger partial charge < -0.3 is 10.6 Å². The fraction of sp³-hybridized carbons (Fsp3) is 0.579. The summed E-state index contributed by atoms with van der Waals surface area (Å²) in [5.41, 5.74) is 2.33. The van der Waals surface area contributed by atoms with Crippen molar-refractivity contribution in [2.45, 2.75) is 40.3 Å². The van der Waals surface area contributed by atoms with E-state index in [2.05, 4.69) is 29.4 Å². The van der Waals surface area contributed by atoms with Crippen LogP contribution in [0.5, 0.6) is 0 Å². The van der Waals surface area contributed by atoms with Crippen LogP contribution >= 0.6 is 12.4 Å². The summed E-state index contributed by atoms with van der Waals surface area (Å²) in [6.45, 7) is 10.5. The molecule has 0 aliphatic carbocycles. The lowest BCUT2D eigenvalue weighted by atomic mass is 9.91. The van der Waals surface area contributed by atoms with Crippen molar-refractivity contribution >= 4 is 24.2 Å². The number of benzene rings is 1. The molecule has 1 aromatic carbocycles. The Labute approximate surface area is 157 Å². The third-order valence-corrected chi connectivity index (χ3v) is 4.79. The predicted octanol–water partition coefficient (Wildman–Crippen LogP) is 2.13. The molecule has 1 saturated heterocycles. The fourth-order valence-electron chi connectivity index (χ4n) is 3.39. The molecule has 2 rings (SSSR count). The minimum absolute atomic E-state index is 0. The topological polar surface area (TPSA) is 61.4 Å². The van der Waals surface area contributed by atoms with Crippen LogP contribution in [0.4, 0.5) is 0 Å². The first-order valence-electron chi connectivity index (χ1n) is 8.67. The van der Waals surface area contributed by atoms with Crippen LogP contribution in [0.3, 0.4) is 0 Å². The van der Waals surface area contributed by atoms with Crippen LogP contribution in [0, 0.1) is 18.8 Å². The molecule has 2 amide bonds. The van der Waals surface area contributed by atoms with E-state index < -0.39 is 0 Å². The molecule has 5 nitrogen and oxygen atoms in total. The summed E-state index contributed by atoms with van der Waals surface area (Å²) in [5, 5.41) is 6.03. The standard InChI is InChI=1S/C19H29N3O2.ClH/c1-13(2)17-10-22(11-18(17)21-15(4)23)12-19(24)20-9-16-8-6-5-7-14(16)3;/h5-8,13,17-18H,9-12H2,1-4H3,(H,20,24)(H,21,23);1H/t17-,18+;/m1./s1. The Balaban J connectivity index is 0.00000312. The van der Waals surface area contributed by atoms with E-state index in [1.54, 1.807) is 6.92 Å². The minimum Gasteiger partial charge on any atom is -0.352 e. The van der Waals surface area contributed by atoms with Gasteiger partial charge in [-0.2, -0.15) is 0 Å². The molecule has 25 heavy (non-hydrogen) atoms. The van der Waals surface area contributed by atoms with E-state index in [0.29, 0.717) is 24.9 Å². The third kappa shape index (κ3) is 6.33. The zero-order chi connectivity index (χ0) is 17.7. The van der Waals surface area contributed by atoms with E-state index in [0.717, 1.165) is 18.7 Å². The number of carbonyl (C=O) groups excluding carboxylic acids is 2. The number of amides is 2. The molecular formula is C19H30ClN3O2. The van der Waals surface area contributed by atoms with Crippen LogP contribution in [0.15, 0.2) is 24.3 Å². The highest BCUT2D eigenvalue weighted by molar-refractivity contribution is 5.85. The Bertz CT molecular complexity index is 592. The van der Waals surface area contributed by atoms with Crippen molar-refractivity contribution < 1.29 is 9.59 Å². The summed E-state index contributed by atoms with van der Waals surface area (Å²) in [5.74, 6) is 0.890. The van der Waals surface area contributed by atoms with Gasteiger partial charge in [-0.15, -0.1) is 12.4 Å². The molecule has 0 saturated carbocycles. The van der Waals surface area contributed by atoms with Crippen LogP contribution < -0.4 is 10.6 Å². The van der Waals surface area contributed by atoms with Crippen LogP contribution in [-0.2, 0) is 16.1 Å². The molecule has 0 spiro atoms. The van der Waals surface area contributed by atoms with E-state index in [-0.39, 0.29) is 30.3 Å². The van der Waals surface area contributed by atoms with Gasteiger partial charge in [0, 0.05) is 32.6 Å². The number of halogens is 1. The summed E-state index contributed by atoms with van der Waals surface area (Å²) in [4.78, 5) is 25.8. The van der Waals surface area contributed by atoms with E-state index >= 15 is 0 Å². The number of hydrogen-bond acceptors (Lipinski definition) is 3. The highest BCUT2D eigenvalue weighted by atomic mass is 35.5. The lowest BCUT2D eigenvalue weighted by Gasteiger charge is -2.22. The summed E-state index contributed by atoms with van der Waals surface area (Å²) in [6.07, 6.45) is 0. The average Bonchev–Trinajstić information content (AvgIpc) is 2.88. The predicted molar refractivity (Wildman–Crippen MR) is 103 cm³/mol. The molecule has 6 heteroatoms. The molecule has 1 aromatic rings. The van der Waals surface area contributed by atoms with Crippen molar-refractivity contribution in [3.8, 4) is 0 Å². The Morgan fingerprint density at radius 3 is 2.52 bits per heavy atom. The fourth-order valence-corrected chi connectivity index (χ4v) is 3.39. The number of rotatable bonds is 6. The first kappa shape index (κ1) is 21.5. The second-order valence-corrected chi connectivity index (χ2v) is 7.11. The first-order valence-corrected chi connectivity index (χ1v) is 8.67. The molecule has 0 bridgehead atoms. The summed E-state index contributed by atoms with van der Waals surface area (Å²) in [6, 6.07) is 8.20. The van der Waals surface area contributed by atoms with Crippen LogP contribution in [0.2, 0.25) is 0 Å². The number of likely N-dealkylation sites (tertiary alicyclic amines) is 1. The molecule has 1 aliphatic heterocycles. The van der Waals surface area contributed by atoms with Crippen molar-refractivity contribution in [2.75, 3.05) is 19.6 Å². The van der Waals surface area contributed by atoms with E-state index in [4.69, 9.17) is 0 Å². The second-order valence-electron chi connectivity index (χ2n) is 7.11. The van der Waals surface area contributed by atoms with Gasteiger partial charge in [-0.3, -0.25) is 14.5 Å². The molecule has 2 atom stereocenters. The van der Waals surface area contributed by atoms with Gasteiger partial charge in [-0.05, 0) is 29.9 Å². The maximum atomic E-state index is 12.2. The Morgan fingerprint density at radius 1 is 1.24 bits per heavy atom. The SMILES string of the molecule is CC(=O)N[C@H]1CN(CC(=O)NCc2ccccc2C)C[C@@H]1C(C)C.Cl. The summed E-state index contributed by atoms with van der Waals surface area (Å²) >= 11 is 0. The maximum absolute atomic E-state index is 12.2. The van der Waals surface area contributed by atoms with E-state index in [1.807, 2.05) is 31.2 Å². The lowest BCUT2D eigenvalue weighted by Crippen LogP contribution is -2.41. The van der Waals surface area contributed by atoms with Crippen LogP contribution in [0.25, 0.3) is 0 Å². The van der Waals surface area contributed by atoms with Crippen molar-refractivity contribution in [1.82, 2.24) is 15.5 Å². The number of hydrogen-bond donors (Lipinski definition) is 2. The molecular weight excluding hydrogens is 338 g/mol. The van der Waals surface area contributed by atoms with Crippen molar-refractivity contribution in [3.05, 3.63) is 35.4 Å². The van der Waals surface area contributed by atoms with Gasteiger partial charge >= 0.3 is 0 Å². The van der Waals surface area contributed by atoms with E-state index in [1.165, 1.54) is 5.56 Å². The summed E-state index contributed by atoms with van der Waals surface area (Å²) in [7, 11) is 0. The molecule has 1 aliphatic rings. The Morgan fingerprint density at radius 2 is 1.92 bits per heavy atom. The van der Waals surface area contributed by atoms with Gasteiger partial charge in [0.05, 0.1) is 6.54 Å². The first-order chi connectivity index (χ1) is 11.4. The highest BCUT2D eigenvalue weighted by Gasteiger charge is 2.35. The Hall–Kier alpha value is -1.59. The monoisotopic (exact) mass is 367 g/mol. The molecule has 140 valence electrons. The zero-order valence-corrected chi connectivity index (χ0v) is 16.4. The molecule has 1 heterocycles. The van der Waals surface area contributed by atoms with Gasteiger partial charge in [-0.1, -0.05) is 38.1 Å². The third-order valence-electron chi connectivity index (χ3n) is 4.79. The van der Waals surface area contributed by atoms with Gasteiger partial charge in [0.15, 0.2) is 0 Å². The number of nitrogens with zero attached hydrogens (tertiary/aromatic N) is 1. The normalized spacial score (nSPS) is 20.2. The lowest BCUT2D eigenvalue weighted by molar-refractivity contribution is -0.122. The van der Waals surface area contributed by atoms with Gasteiger partial charge in [0.2, 0.25) is 11.8 Å². The molecule has 0 aromatic heterocycles. The number of aryl methyl sites for hydroxylation is 1. The number of carbonyl (C=O) groups is 2. The minimum atomic E-state index is -0.00324. The molecule has 0 unspecified atom stereocenters. The summed E-state index contributed by atoms with van der Waals surface area (Å²) < 4.78 is 0. The van der Waals surface area contributed by atoms with Crippen molar-refractivity contribution in [2.24, 2.45) is 11.8 Å². The van der Waals surface area contributed by atoms with Gasteiger partial charge in [0.25, 0.3) is 0 Å². The van der Waals surface area contributed by atoms with Gasteiger partial charge in [-0.25, -0.2) is 0 Å². The Kier molecular flexibility index (Phi) is 8.39. The molecule has 2 N–H and O–H groups in total. The maximum Gasteiger partial charge on any atom is 0.234 e. The van der Waals surface area contributed by atoms with E-state index in [9.17, 15) is 9.59 Å². The zero-order valence-electron chi connectivity index (χ0n) is 15.5. The average molecular weight is 368 g/mol. The van der Waals surface area contributed by atoms with Crippen molar-refractivity contribution in [1.29, 1.82) is 0 Å². The highest BCUT2D eigenvalue weighted by Crippen LogP contribution is 2.24. The smallest absolute Gasteiger partial charge is 0.234 e. The largest absolute Gasteiger partial charge is 0.352 e. The van der Waals surface area contributed by atoms with Crippen molar-refractivity contribution in [3.63, 3.8) is 0 Å². The van der Waals surface area contributed by atoms with Crippen LogP contribution in [-0.4, -0.2) is 42.4 Å². The van der Waals surface area contributed by atoms with Gasteiger partial charge in [0.1, 0.15) is 0 Å². The second kappa shape index (κ2) is 9.78. The molecule has 1 fully saturated rings. The quantitative estimate of drug-likeness (QED) is 0.809. The number of nitrogens with one attached hydrogen (secondary N) is 2.